The molecule has 0 radical (unpaired) electrons. The molecule has 1 amide bonds. The molecule has 26 heavy (non-hydrogen) atoms. The number of fused-ring (bicyclic) bond motifs is 1. The van der Waals surface area contributed by atoms with Gasteiger partial charge in [0.15, 0.2) is 0 Å². The van der Waals surface area contributed by atoms with Gasteiger partial charge in [-0.05, 0) is 29.8 Å². The number of thioether (sulfide) groups is 1. The van der Waals surface area contributed by atoms with E-state index < -0.39 is 0 Å². The molecular formula is C20H19N3O2S. The van der Waals surface area contributed by atoms with Crippen LogP contribution in [-0.4, -0.2) is 22.6 Å². The molecular weight excluding hydrogens is 346 g/mol. The fraction of sp³-hybridized carbons (Fsp3) is 0.200. The molecule has 4 rings (SSSR count). The van der Waals surface area contributed by atoms with Gasteiger partial charge in [0.25, 0.3) is 0 Å². The topological polar surface area (TPSA) is 56.1 Å². The van der Waals surface area contributed by atoms with Crippen molar-refractivity contribution in [3.63, 3.8) is 0 Å². The second-order valence-corrected chi connectivity index (χ2v) is 7.17. The van der Waals surface area contributed by atoms with Gasteiger partial charge in [0.2, 0.25) is 5.91 Å². The highest BCUT2D eigenvalue weighted by atomic mass is 32.2. The van der Waals surface area contributed by atoms with Gasteiger partial charge in [-0.2, -0.15) is 0 Å². The zero-order valence-corrected chi connectivity index (χ0v) is 15.2. The number of nitrogens with one attached hydrogen (secondary N) is 1. The average Bonchev–Trinajstić information content (AvgIpc) is 3.25. The minimum atomic E-state index is -0.0259. The molecule has 5 nitrogen and oxygen atoms in total. The van der Waals surface area contributed by atoms with E-state index in [0.717, 1.165) is 22.8 Å². The van der Waals surface area contributed by atoms with Crippen molar-refractivity contribution in [3.8, 4) is 5.75 Å². The lowest BCUT2D eigenvalue weighted by atomic mass is 10.1. The molecule has 0 saturated carbocycles. The van der Waals surface area contributed by atoms with Crippen LogP contribution in [0.4, 0.5) is 5.69 Å². The number of amides is 1. The van der Waals surface area contributed by atoms with E-state index in [4.69, 9.17) is 4.74 Å². The summed E-state index contributed by atoms with van der Waals surface area (Å²) >= 11 is 1.86. The molecule has 132 valence electrons. The summed E-state index contributed by atoms with van der Waals surface area (Å²) in [6, 6.07) is 13.5. The Morgan fingerprint density at radius 3 is 3.08 bits per heavy atom. The van der Waals surface area contributed by atoms with Crippen molar-refractivity contribution < 1.29 is 9.53 Å². The number of ether oxygens (including phenoxy) is 1. The largest absolute Gasteiger partial charge is 0.497 e. The third kappa shape index (κ3) is 3.32. The molecule has 3 heterocycles. The molecule has 1 aliphatic rings. The lowest BCUT2D eigenvalue weighted by Gasteiger charge is -2.12. The van der Waals surface area contributed by atoms with E-state index >= 15 is 0 Å². The first kappa shape index (κ1) is 16.7. The number of benzene rings is 1. The summed E-state index contributed by atoms with van der Waals surface area (Å²) in [4.78, 5) is 16.7. The number of carbonyl (C=O) groups is 1. The quantitative estimate of drug-likeness (QED) is 0.746. The predicted octanol–water partition coefficient (Wildman–Crippen LogP) is 3.87. The summed E-state index contributed by atoms with van der Waals surface area (Å²) in [5.74, 6) is 1.60. The van der Waals surface area contributed by atoms with Crippen LogP contribution in [0.15, 0.2) is 61.1 Å². The monoisotopic (exact) mass is 365 g/mol. The molecule has 0 bridgehead atoms. The van der Waals surface area contributed by atoms with Gasteiger partial charge in [-0.15, -0.1) is 11.8 Å². The molecule has 0 saturated heterocycles. The number of methoxy groups -OCH3 is 1. The first-order chi connectivity index (χ1) is 12.7. The Labute approximate surface area is 156 Å². The Balaban J connectivity index is 1.47. The summed E-state index contributed by atoms with van der Waals surface area (Å²) in [6.45, 7) is 0. The molecule has 2 aromatic heterocycles. The number of aromatic nitrogens is 2. The normalized spacial score (nSPS) is 15.5. The van der Waals surface area contributed by atoms with Crippen molar-refractivity contribution in [1.82, 2.24) is 9.55 Å². The molecule has 1 atom stereocenters. The number of rotatable bonds is 5. The highest BCUT2D eigenvalue weighted by Gasteiger charge is 2.26. The minimum absolute atomic E-state index is 0.0259. The standard InChI is InChI=1S/C20H19N3O2S/c1-25-17-6-2-5-16(11-17)22-19(24)10-14-7-9-23-18(14)13-26-20(23)15-4-3-8-21-12-15/h2-9,11-12,20H,10,13H2,1H3,(H,22,24). The summed E-state index contributed by atoms with van der Waals surface area (Å²) in [5.41, 5.74) is 4.21. The van der Waals surface area contributed by atoms with Crippen LogP contribution in [0.25, 0.3) is 0 Å². The van der Waals surface area contributed by atoms with E-state index in [1.165, 1.54) is 11.3 Å². The van der Waals surface area contributed by atoms with Crippen molar-refractivity contribution in [3.05, 3.63) is 77.9 Å². The van der Waals surface area contributed by atoms with Gasteiger partial charge in [0, 0.05) is 47.4 Å². The molecule has 1 unspecified atom stereocenters. The van der Waals surface area contributed by atoms with Crippen molar-refractivity contribution in [2.24, 2.45) is 0 Å². The van der Waals surface area contributed by atoms with E-state index in [-0.39, 0.29) is 11.3 Å². The third-order valence-corrected chi connectivity index (χ3v) is 5.68. The van der Waals surface area contributed by atoms with Crippen molar-refractivity contribution in [2.75, 3.05) is 12.4 Å². The molecule has 0 fully saturated rings. The van der Waals surface area contributed by atoms with Crippen LogP contribution in [0.3, 0.4) is 0 Å². The molecule has 1 aromatic carbocycles. The molecule has 1 aliphatic heterocycles. The van der Waals surface area contributed by atoms with E-state index in [2.05, 4.69) is 27.1 Å². The minimum Gasteiger partial charge on any atom is -0.497 e. The maximum atomic E-state index is 12.5. The van der Waals surface area contributed by atoms with Gasteiger partial charge in [-0.25, -0.2) is 0 Å². The molecule has 6 heteroatoms. The number of nitrogens with zero attached hydrogens (tertiary/aromatic N) is 2. The SMILES string of the molecule is COc1cccc(NC(=O)Cc2ccn3c2CSC3c2cccnc2)c1. The van der Waals surface area contributed by atoms with E-state index in [9.17, 15) is 4.79 Å². The Morgan fingerprint density at radius 2 is 2.27 bits per heavy atom. The van der Waals surface area contributed by atoms with E-state index in [1.54, 1.807) is 13.3 Å². The van der Waals surface area contributed by atoms with Gasteiger partial charge in [0.05, 0.1) is 13.5 Å². The van der Waals surface area contributed by atoms with E-state index in [1.807, 2.05) is 54.4 Å². The Kier molecular flexibility index (Phi) is 4.67. The number of carbonyl (C=O) groups excluding carboxylic acids is 1. The van der Waals surface area contributed by atoms with Crippen LogP contribution in [0.2, 0.25) is 0 Å². The zero-order chi connectivity index (χ0) is 17.9. The lowest BCUT2D eigenvalue weighted by molar-refractivity contribution is -0.115. The van der Waals surface area contributed by atoms with Crippen LogP contribution in [0.1, 0.15) is 22.2 Å². The zero-order valence-electron chi connectivity index (χ0n) is 14.4. The maximum absolute atomic E-state index is 12.5. The highest BCUT2D eigenvalue weighted by Crippen LogP contribution is 2.41. The van der Waals surface area contributed by atoms with Gasteiger partial charge in [-0.1, -0.05) is 12.1 Å². The number of pyridine rings is 1. The molecule has 3 aromatic rings. The smallest absolute Gasteiger partial charge is 0.228 e. The van der Waals surface area contributed by atoms with Gasteiger partial charge >= 0.3 is 0 Å². The summed E-state index contributed by atoms with van der Waals surface area (Å²) in [7, 11) is 1.61. The molecule has 0 aliphatic carbocycles. The van der Waals surface area contributed by atoms with Crippen molar-refractivity contribution in [2.45, 2.75) is 17.5 Å². The fourth-order valence-electron chi connectivity index (χ4n) is 3.17. The molecule has 1 N–H and O–H groups in total. The maximum Gasteiger partial charge on any atom is 0.228 e. The van der Waals surface area contributed by atoms with E-state index in [0.29, 0.717) is 6.42 Å². The van der Waals surface area contributed by atoms with Crippen LogP contribution in [0.5, 0.6) is 5.75 Å². The average molecular weight is 365 g/mol. The van der Waals surface area contributed by atoms with Crippen LogP contribution >= 0.6 is 11.8 Å². The van der Waals surface area contributed by atoms with Gasteiger partial charge in [0.1, 0.15) is 11.1 Å². The number of anilines is 1. The van der Waals surface area contributed by atoms with Crippen LogP contribution in [-0.2, 0) is 17.0 Å². The predicted molar refractivity (Wildman–Crippen MR) is 103 cm³/mol. The molecule has 0 spiro atoms. The van der Waals surface area contributed by atoms with Crippen LogP contribution in [0, 0.1) is 0 Å². The second-order valence-electron chi connectivity index (χ2n) is 6.10. The highest BCUT2D eigenvalue weighted by molar-refractivity contribution is 7.99. The summed E-state index contributed by atoms with van der Waals surface area (Å²) in [5, 5.41) is 3.17. The Morgan fingerprint density at radius 1 is 1.35 bits per heavy atom. The van der Waals surface area contributed by atoms with Gasteiger partial charge < -0.3 is 14.6 Å². The van der Waals surface area contributed by atoms with Crippen LogP contribution < -0.4 is 10.1 Å². The number of hydrogen-bond acceptors (Lipinski definition) is 4. The summed E-state index contributed by atoms with van der Waals surface area (Å²) in [6.07, 6.45) is 6.12. The van der Waals surface area contributed by atoms with Gasteiger partial charge in [-0.3, -0.25) is 9.78 Å². The fourth-order valence-corrected chi connectivity index (χ4v) is 4.51. The first-order valence-electron chi connectivity index (χ1n) is 8.38. The Bertz CT molecular complexity index is 924. The second kappa shape index (κ2) is 7.25. The Hall–Kier alpha value is -2.73. The summed E-state index contributed by atoms with van der Waals surface area (Å²) < 4.78 is 7.44. The third-order valence-electron chi connectivity index (χ3n) is 4.42. The first-order valence-corrected chi connectivity index (χ1v) is 9.43. The number of hydrogen-bond donors (Lipinski definition) is 1. The van der Waals surface area contributed by atoms with Crippen molar-refractivity contribution >= 4 is 23.4 Å². The lowest BCUT2D eigenvalue weighted by Crippen LogP contribution is -2.15. The van der Waals surface area contributed by atoms with Crippen molar-refractivity contribution in [1.29, 1.82) is 0 Å².